The van der Waals surface area contributed by atoms with Crippen molar-refractivity contribution >= 4 is 5.78 Å². The number of phenols is 6. The second kappa shape index (κ2) is 10.2. The van der Waals surface area contributed by atoms with E-state index in [2.05, 4.69) is 0 Å². The summed E-state index contributed by atoms with van der Waals surface area (Å²) in [6, 6.07) is 19.2. The van der Waals surface area contributed by atoms with Crippen LogP contribution in [0.4, 0.5) is 0 Å². The van der Waals surface area contributed by atoms with Gasteiger partial charge < -0.3 is 40.5 Å². The van der Waals surface area contributed by atoms with Crippen molar-refractivity contribution in [3.8, 4) is 34.5 Å². The molecule has 1 aliphatic heterocycles. The molecule has 5 rings (SSSR count). The Labute approximate surface area is 223 Å². The first-order chi connectivity index (χ1) is 18.6. The maximum Gasteiger partial charge on any atom is 0.173 e. The van der Waals surface area contributed by atoms with Crippen LogP contribution in [0.15, 0.2) is 84.9 Å². The molecule has 0 amide bonds. The van der Waals surface area contributed by atoms with Crippen LogP contribution in [0.3, 0.4) is 0 Å². The van der Waals surface area contributed by atoms with Gasteiger partial charge in [0.15, 0.2) is 5.78 Å². The molecule has 1 heterocycles. The Morgan fingerprint density at radius 1 is 0.641 bits per heavy atom. The quantitative estimate of drug-likeness (QED) is 0.176. The molecule has 0 spiro atoms. The third kappa shape index (κ3) is 4.93. The Hall–Kier alpha value is -4.73. The lowest BCUT2D eigenvalue weighted by Gasteiger charge is -2.29. The Morgan fingerprint density at radius 2 is 1.18 bits per heavy atom. The zero-order chi connectivity index (χ0) is 27.8. The highest BCUT2D eigenvalue weighted by Gasteiger charge is 2.53. The monoisotopic (exact) mass is 530 g/mol. The number of aliphatic hydroxyl groups excluding tert-OH is 1. The van der Waals surface area contributed by atoms with Gasteiger partial charge in [-0.05, 0) is 59.7 Å². The summed E-state index contributed by atoms with van der Waals surface area (Å²) in [6.07, 6.45) is -3.41. The molecule has 0 saturated carbocycles. The fraction of sp³-hybridized carbons (Fsp3) is 0.167. The van der Waals surface area contributed by atoms with Crippen LogP contribution in [0.25, 0.3) is 0 Å². The first-order valence-electron chi connectivity index (χ1n) is 12.1. The van der Waals surface area contributed by atoms with Gasteiger partial charge in [-0.1, -0.05) is 24.3 Å². The molecule has 0 aromatic heterocycles. The average molecular weight is 531 g/mol. The minimum Gasteiger partial charge on any atom is -0.508 e. The number of rotatable bonds is 6. The minimum absolute atomic E-state index is 0.00999. The third-order valence-electron chi connectivity index (χ3n) is 7.07. The van der Waals surface area contributed by atoms with E-state index in [4.69, 9.17) is 4.74 Å². The van der Waals surface area contributed by atoms with Crippen LogP contribution in [0, 0.1) is 11.8 Å². The summed E-state index contributed by atoms with van der Waals surface area (Å²) in [5.74, 6) is -4.00. The number of aliphatic hydroxyl groups is 1. The molecule has 0 bridgehead atoms. The molecular formula is C30H26O9. The van der Waals surface area contributed by atoms with Gasteiger partial charge in [0.2, 0.25) is 0 Å². The van der Waals surface area contributed by atoms with E-state index in [9.17, 15) is 40.5 Å². The highest BCUT2D eigenvalue weighted by atomic mass is 16.5. The fourth-order valence-corrected chi connectivity index (χ4v) is 5.20. The van der Waals surface area contributed by atoms with Crippen molar-refractivity contribution in [2.75, 3.05) is 0 Å². The minimum atomic E-state index is -1.35. The maximum atomic E-state index is 14.1. The number of phenolic OH excluding ortho intramolecular Hbond substituents is 6. The van der Waals surface area contributed by atoms with Crippen LogP contribution < -0.4 is 0 Å². The smallest absolute Gasteiger partial charge is 0.173 e. The molecule has 1 fully saturated rings. The zero-order valence-corrected chi connectivity index (χ0v) is 20.4. The summed E-state index contributed by atoms with van der Waals surface area (Å²) in [5, 5.41) is 72.2. The van der Waals surface area contributed by atoms with Gasteiger partial charge in [-0.25, -0.2) is 0 Å². The second-order valence-electron chi connectivity index (χ2n) is 9.52. The number of Topliss-reactive ketones (excluding diaryl/α,β-unsaturated/α-hetero) is 1. The van der Waals surface area contributed by atoms with Crippen LogP contribution in [-0.4, -0.2) is 41.5 Å². The first kappa shape index (κ1) is 25.9. The lowest BCUT2D eigenvalue weighted by molar-refractivity contribution is 0.00365. The predicted octanol–water partition coefficient (Wildman–Crippen LogP) is 4.58. The van der Waals surface area contributed by atoms with E-state index in [-0.39, 0.29) is 39.9 Å². The van der Waals surface area contributed by atoms with E-state index in [1.807, 2.05) is 0 Å². The number of carbonyl (C=O) groups is 1. The number of hydrogen-bond donors (Lipinski definition) is 7. The third-order valence-corrected chi connectivity index (χ3v) is 7.07. The topological polar surface area (TPSA) is 168 Å². The summed E-state index contributed by atoms with van der Waals surface area (Å²) in [4.78, 5) is 14.1. The molecule has 7 N–H and O–H groups in total. The number of benzene rings is 4. The number of ketones is 1. The lowest BCUT2D eigenvalue weighted by Crippen LogP contribution is -2.30. The fourth-order valence-electron chi connectivity index (χ4n) is 5.20. The zero-order valence-electron chi connectivity index (χ0n) is 20.4. The largest absolute Gasteiger partial charge is 0.508 e. The molecule has 9 nitrogen and oxygen atoms in total. The lowest BCUT2D eigenvalue weighted by atomic mass is 9.74. The molecule has 0 aliphatic carbocycles. The van der Waals surface area contributed by atoms with E-state index < -0.39 is 41.7 Å². The van der Waals surface area contributed by atoms with Crippen molar-refractivity contribution in [3.05, 3.63) is 107 Å². The van der Waals surface area contributed by atoms with Gasteiger partial charge in [0, 0.05) is 23.6 Å². The highest BCUT2D eigenvalue weighted by molar-refractivity contribution is 6.01. The second-order valence-corrected chi connectivity index (χ2v) is 9.52. The van der Waals surface area contributed by atoms with Crippen molar-refractivity contribution in [2.45, 2.75) is 18.3 Å². The summed E-state index contributed by atoms with van der Waals surface area (Å²) >= 11 is 0. The van der Waals surface area contributed by atoms with Crippen LogP contribution in [-0.2, 0) is 4.74 Å². The molecule has 1 saturated heterocycles. The van der Waals surface area contributed by atoms with Crippen LogP contribution >= 0.6 is 0 Å². The van der Waals surface area contributed by atoms with Crippen molar-refractivity contribution in [1.29, 1.82) is 0 Å². The van der Waals surface area contributed by atoms with Gasteiger partial charge in [-0.2, -0.15) is 0 Å². The van der Waals surface area contributed by atoms with E-state index in [0.717, 1.165) is 12.1 Å². The highest BCUT2D eigenvalue weighted by Crippen LogP contribution is 2.56. The Kier molecular flexibility index (Phi) is 6.78. The van der Waals surface area contributed by atoms with Crippen LogP contribution in [0.5, 0.6) is 34.5 Å². The standard InChI is InChI=1S/C30H26O9/c31-17-5-1-15(2-6-17)27(37)25-26(28(38)21-11-9-19(33)13-23(21)35)29(16-3-7-18(32)8-4-16)39-30(25)22-12-10-20(34)14-24(22)36/h1-14,25-27,29-37H/t25-,26-,27+,29-,30-/m1/s1. The van der Waals surface area contributed by atoms with Gasteiger partial charge in [-0.15, -0.1) is 0 Å². The summed E-state index contributed by atoms with van der Waals surface area (Å²) in [7, 11) is 0. The summed E-state index contributed by atoms with van der Waals surface area (Å²) < 4.78 is 6.41. The summed E-state index contributed by atoms with van der Waals surface area (Å²) in [5.41, 5.74) is 0.963. The van der Waals surface area contributed by atoms with Gasteiger partial charge in [-0.3, -0.25) is 4.79 Å². The molecule has 4 aromatic rings. The number of hydrogen-bond acceptors (Lipinski definition) is 9. The van der Waals surface area contributed by atoms with Gasteiger partial charge in [0.25, 0.3) is 0 Å². The summed E-state index contributed by atoms with van der Waals surface area (Å²) in [6.45, 7) is 0. The van der Waals surface area contributed by atoms with E-state index in [0.29, 0.717) is 11.1 Å². The molecule has 0 unspecified atom stereocenters. The van der Waals surface area contributed by atoms with Gasteiger partial charge in [0.1, 0.15) is 34.5 Å². The molecule has 1 aliphatic rings. The van der Waals surface area contributed by atoms with E-state index >= 15 is 0 Å². The van der Waals surface area contributed by atoms with E-state index in [1.165, 1.54) is 60.7 Å². The van der Waals surface area contributed by atoms with Gasteiger partial charge in [0.05, 0.1) is 29.8 Å². The Balaban J connectivity index is 1.70. The molecule has 39 heavy (non-hydrogen) atoms. The molecule has 9 heteroatoms. The number of carbonyl (C=O) groups excluding carboxylic acids is 1. The van der Waals surface area contributed by atoms with Crippen molar-refractivity contribution in [2.24, 2.45) is 11.8 Å². The molecule has 5 atom stereocenters. The van der Waals surface area contributed by atoms with Gasteiger partial charge >= 0.3 is 0 Å². The normalized spacial score (nSPS) is 21.5. The predicted molar refractivity (Wildman–Crippen MR) is 139 cm³/mol. The van der Waals surface area contributed by atoms with Crippen molar-refractivity contribution < 1.29 is 45.3 Å². The number of aromatic hydroxyl groups is 6. The first-order valence-corrected chi connectivity index (χ1v) is 12.1. The Bertz CT molecular complexity index is 1500. The molecular weight excluding hydrogens is 504 g/mol. The Morgan fingerprint density at radius 3 is 1.77 bits per heavy atom. The maximum absolute atomic E-state index is 14.1. The van der Waals surface area contributed by atoms with E-state index in [1.54, 1.807) is 12.1 Å². The average Bonchev–Trinajstić information content (AvgIpc) is 3.29. The van der Waals surface area contributed by atoms with Crippen molar-refractivity contribution in [3.63, 3.8) is 0 Å². The van der Waals surface area contributed by atoms with Crippen LogP contribution in [0.2, 0.25) is 0 Å². The molecule has 0 radical (unpaired) electrons. The van der Waals surface area contributed by atoms with Crippen LogP contribution in [0.1, 0.15) is 45.4 Å². The SMILES string of the molecule is O=C(c1ccc(O)cc1O)[C@H]1[C@H]([C@@H](O)c2ccc(O)cc2)[C@@H](c2ccc(O)cc2O)O[C@@H]1c1ccc(O)cc1. The van der Waals surface area contributed by atoms with Crippen molar-refractivity contribution in [1.82, 2.24) is 0 Å². The molecule has 4 aromatic carbocycles. The number of ether oxygens (including phenoxy) is 1. The molecule has 200 valence electrons.